The molecule has 16 heavy (non-hydrogen) atoms. The predicted octanol–water partition coefficient (Wildman–Crippen LogP) is 0.847. The normalized spacial score (nSPS) is 10.6. The van der Waals surface area contributed by atoms with Crippen molar-refractivity contribution in [1.29, 1.82) is 0 Å². The second-order valence-electron chi connectivity index (χ2n) is 2.95. The third kappa shape index (κ3) is 2.08. The summed E-state index contributed by atoms with van der Waals surface area (Å²) in [6.07, 6.45) is -1.90. The number of rotatable bonds is 3. The van der Waals surface area contributed by atoms with E-state index in [1.54, 1.807) is 0 Å². The minimum atomic E-state index is -2.86. The number of halogens is 2. The number of aromatic nitrogens is 1. The molecule has 5 nitrogen and oxygen atoms in total. The molecule has 7 heteroatoms. The zero-order valence-electron chi connectivity index (χ0n) is 8.54. The second-order valence-corrected chi connectivity index (χ2v) is 2.95. The van der Waals surface area contributed by atoms with Crippen molar-refractivity contribution >= 4 is 11.8 Å². The second kappa shape index (κ2) is 4.84. The van der Waals surface area contributed by atoms with Gasteiger partial charge in [0.25, 0.3) is 6.43 Å². The van der Waals surface area contributed by atoms with Crippen LogP contribution in [0, 0.1) is 0 Å². The lowest BCUT2D eigenvalue weighted by Gasteiger charge is -2.12. The van der Waals surface area contributed by atoms with Crippen molar-refractivity contribution in [3.8, 4) is 0 Å². The lowest BCUT2D eigenvalue weighted by atomic mass is 10.0. The first kappa shape index (κ1) is 12.3. The molecule has 88 valence electrons. The summed E-state index contributed by atoms with van der Waals surface area (Å²) in [5.41, 5.74) is 9.84. The van der Waals surface area contributed by atoms with Gasteiger partial charge in [0.05, 0.1) is 12.7 Å². The maximum Gasteiger partial charge on any atom is 0.339 e. The van der Waals surface area contributed by atoms with Crippen LogP contribution in [0.1, 0.15) is 27.9 Å². The Morgan fingerprint density at radius 2 is 2.25 bits per heavy atom. The predicted molar refractivity (Wildman–Crippen MR) is 52.8 cm³/mol. The molecule has 0 saturated carbocycles. The van der Waals surface area contributed by atoms with E-state index in [9.17, 15) is 13.6 Å². The number of carbonyl (C=O) groups excluding carboxylic acids is 1. The molecular weight excluding hydrogens is 220 g/mol. The molecule has 0 amide bonds. The molecule has 0 fully saturated rings. The zero-order chi connectivity index (χ0) is 12.3. The van der Waals surface area contributed by atoms with Crippen LogP contribution in [0.25, 0.3) is 0 Å². The van der Waals surface area contributed by atoms with E-state index in [0.29, 0.717) is 0 Å². The van der Waals surface area contributed by atoms with E-state index in [-0.39, 0.29) is 23.5 Å². The maximum absolute atomic E-state index is 12.8. The molecule has 0 radical (unpaired) electrons. The number of nitrogens with zero attached hydrogens (tertiary/aromatic N) is 1. The first-order valence-electron chi connectivity index (χ1n) is 4.36. The summed E-state index contributed by atoms with van der Waals surface area (Å²) >= 11 is 0. The van der Waals surface area contributed by atoms with Gasteiger partial charge in [-0.2, -0.15) is 0 Å². The number of nitrogens with two attached hydrogens (primary N) is 2. The van der Waals surface area contributed by atoms with Crippen LogP contribution < -0.4 is 11.5 Å². The molecule has 1 heterocycles. The fourth-order valence-electron chi connectivity index (χ4n) is 1.32. The number of methoxy groups -OCH3 is 1. The van der Waals surface area contributed by atoms with Crippen molar-refractivity contribution in [3.63, 3.8) is 0 Å². The van der Waals surface area contributed by atoms with Gasteiger partial charge in [0.15, 0.2) is 0 Å². The van der Waals surface area contributed by atoms with Gasteiger partial charge in [-0.15, -0.1) is 0 Å². The Bertz CT molecular complexity index is 410. The number of hydrogen-bond acceptors (Lipinski definition) is 5. The minimum absolute atomic E-state index is 0.0297. The van der Waals surface area contributed by atoms with Crippen LogP contribution in [0.15, 0.2) is 6.20 Å². The van der Waals surface area contributed by atoms with Crippen LogP contribution in [0.4, 0.5) is 14.6 Å². The SMILES string of the molecule is COC(=O)c1cnc(N)c(CN)c1C(F)F. The molecule has 0 spiro atoms. The first-order valence-corrected chi connectivity index (χ1v) is 4.36. The molecule has 0 unspecified atom stereocenters. The highest BCUT2D eigenvalue weighted by Crippen LogP contribution is 2.29. The fourth-order valence-corrected chi connectivity index (χ4v) is 1.32. The molecular formula is C9H11F2N3O2. The molecule has 0 saturated heterocycles. The van der Waals surface area contributed by atoms with Gasteiger partial charge in [-0.1, -0.05) is 0 Å². The van der Waals surface area contributed by atoms with E-state index >= 15 is 0 Å². The summed E-state index contributed by atoms with van der Waals surface area (Å²) in [5, 5.41) is 0. The standard InChI is InChI=1S/C9H11F2N3O2/c1-16-9(15)5-3-14-8(13)4(2-12)6(5)7(10)11/h3,7H,2,12H2,1H3,(H2,13,14). The number of pyridine rings is 1. The molecule has 0 aliphatic heterocycles. The average Bonchev–Trinajstić information content (AvgIpc) is 2.27. The van der Waals surface area contributed by atoms with Crippen molar-refractivity contribution < 1.29 is 18.3 Å². The van der Waals surface area contributed by atoms with Crippen LogP contribution in [0.2, 0.25) is 0 Å². The summed E-state index contributed by atoms with van der Waals surface area (Å²) in [5.74, 6) is -0.997. The van der Waals surface area contributed by atoms with E-state index in [2.05, 4.69) is 9.72 Å². The molecule has 0 bridgehead atoms. The Labute approximate surface area is 90.4 Å². The number of anilines is 1. The quantitative estimate of drug-likeness (QED) is 0.752. The number of hydrogen-bond donors (Lipinski definition) is 2. The largest absolute Gasteiger partial charge is 0.465 e. The Morgan fingerprint density at radius 1 is 1.62 bits per heavy atom. The molecule has 1 rings (SSSR count). The Balaban J connectivity index is 3.45. The van der Waals surface area contributed by atoms with Gasteiger partial charge in [-0.3, -0.25) is 0 Å². The van der Waals surface area contributed by atoms with Crippen LogP contribution in [0.3, 0.4) is 0 Å². The van der Waals surface area contributed by atoms with Crippen molar-refractivity contribution in [3.05, 3.63) is 22.9 Å². The van der Waals surface area contributed by atoms with Gasteiger partial charge in [0, 0.05) is 23.9 Å². The number of nitrogen functional groups attached to an aromatic ring is 1. The molecule has 0 aliphatic rings. The van der Waals surface area contributed by atoms with Gasteiger partial charge >= 0.3 is 5.97 Å². The zero-order valence-corrected chi connectivity index (χ0v) is 8.54. The average molecular weight is 231 g/mol. The number of esters is 1. The number of carbonyl (C=O) groups is 1. The third-order valence-corrected chi connectivity index (χ3v) is 2.08. The van der Waals surface area contributed by atoms with Gasteiger partial charge in [-0.05, 0) is 0 Å². The van der Waals surface area contributed by atoms with Crippen LogP contribution in [-0.2, 0) is 11.3 Å². The highest BCUT2D eigenvalue weighted by atomic mass is 19.3. The van der Waals surface area contributed by atoms with Gasteiger partial charge in [-0.25, -0.2) is 18.6 Å². The molecule has 1 aromatic rings. The van der Waals surface area contributed by atoms with Crippen LogP contribution in [-0.4, -0.2) is 18.1 Å². The number of alkyl halides is 2. The summed E-state index contributed by atoms with van der Waals surface area (Å²) in [6, 6.07) is 0. The molecule has 0 aliphatic carbocycles. The first-order chi connectivity index (χ1) is 7.52. The molecule has 1 aromatic heterocycles. The Hall–Kier alpha value is -1.76. The van der Waals surface area contributed by atoms with Gasteiger partial charge < -0.3 is 16.2 Å². The van der Waals surface area contributed by atoms with E-state index in [0.717, 1.165) is 13.3 Å². The summed E-state index contributed by atoms with van der Waals surface area (Å²) in [6.45, 7) is -0.219. The minimum Gasteiger partial charge on any atom is -0.465 e. The highest BCUT2D eigenvalue weighted by Gasteiger charge is 2.24. The third-order valence-electron chi connectivity index (χ3n) is 2.08. The van der Waals surface area contributed by atoms with Crippen molar-refractivity contribution in [2.24, 2.45) is 5.73 Å². The summed E-state index contributed by atoms with van der Waals surface area (Å²) in [7, 11) is 1.09. The summed E-state index contributed by atoms with van der Waals surface area (Å²) in [4.78, 5) is 14.9. The van der Waals surface area contributed by atoms with E-state index in [1.165, 1.54) is 0 Å². The highest BCUT2D eigenvalue weighted by molar-refractivity contribution is 5.91. The van der Waals surface area contributed by atoms with Gasteiger partial charge in [0.2, 0.25) is 0 Å². The van der Waals surface area contributed by atoms with E-state index < -0.39 is 18.0 Å². The summed E-state index contributed by atoms with van der Waals surface area (Å²) < 4.78 is 30.0. The van der Waals surface area contributed by atoms with Gasteiger partial charge in [0.1, 0.15) is 5.82 Å². The fraction of sp³-hybridized carbons (Fsp3) is 0.333. The smallest absolute Gasteiger partial charge is 0.339 e. The van der Waals surface area contributed by atoms with E-state index in [4.69, 9.17) is 11.5 Å². The number of ether oxygens (including phenoxy) is 1. The maximum atomic E-state index is 12.8. The van der Waals surface area contributed by atoms with Crippen LogP contribution >= 0.6 is 0 Å². The van der Waals surface area contributed by atoms with Crippen LogP contribution in [0.5, 0.6) is 0 Å². The van der Waals surface area contributed by atoms with Crippen molar-refractivity contribution in [2.75, 3.05) is 12.8 Å². The Kier molecular flexibility index (Phi) is 3.73. The molecule has 4 N–H and O–H groups in total. The molecule has 0 aromatic carbocycles. The topological polar surface area (TPSA) is 91.2 Å². The molecule has 0 atom stereocenters. The Morgan fingerprint density at radius 3 is 2.69 bits per heavy atom. The van der Waals surface area contributed by atoms with Crippen molar-refractivity contribution in [2.45, 2.75) is 13.0 Å². The van der Waals surface area contributed by atoms with Crippen molar-refractivity contribution in [1.82, 2.24) is 4.98 Å². The lowest BCUT2D eigenvalue weighted by molar-refractivity contribution is 0.0588. The monoisotopic (exact) mass is 231 g/mol. The van der Waals surface area contributed by atoms with E-state index in [1.807, 2.05) is 0 Å². The lowest BCUT2D eigenvalue weighted by Crippen LogP contribution is -2.14.